The summed E-state index contributed by atoms with van der Waals surface area (Å²) in [7, 11) is 0. The van der Waals surface area contributed by atoms with Crippen LogP contribution in [0, 0.1) is 0 Å². The molecule has 0 saturated carbocycles. The number of piperidine rings is 1. The number of carbonyl (C=O) groups excluding carboxylic acids is 1. The fourth-order valence-corrected chi connectivity index (χ4v) is 4.51. The van der Waals surface area contributed by atoms with Crippen molar-refractivity contribution in [2.24, 2.45) is 0 Å². The van der Waals surface area contributed by atoms with Gasteiger partial charge in [0.2, 0.25) is 0 Å². The van der Waals surface area contributed by atoms with E-state index < -0.39 is 11.6 Å². The lowest BCUT2D eigenvalue weighted by Gasteiger charge is -2.51. The van der Waals surface area contributed by atoms with Gasteiger partial charge in [0.25, 0.3) is 12.4 Å². The molecule has 0 bridgehead atoms. The number of carbonyl (C=O) groups is 2. The van der Waals surface area contributed by atoms with E-state index in [9.17, 15) is 9.90 Å². The zero-order valence-electron chi connectivity index (χ0n) is 18.4. The molecule has 2 saturated heterocycles. The van der Waals surface area contributed by atoms with Crippen LogP contribution in [0.2, 0.25) is 0 Å². The monoisotopic (exact) mass is 444 g/mol. The molecule has 2 fully saturated rings. The van der Waals surface area contributed by atoms with E-state index in [4.69, 9.17) is 14.6 Å². The van der Waals surface area contributed by atoms with E-state index in [0.717, 1.165) is 38.9 Å². The highest BCUT2D eigenvalue weighted by molar-refractivity contribution is 5.92. The van der Waals surface area contributed by atoms with Gasteiger partial charge in [0.05, 0.1) is 23.9 Å². The summed E-state index contributed by atoms with van der Waals surface area (Å²) in [6, 6.07) is 7.16. The molecule has 32 heavy (non-hydrogen) atoms. The van der Waals surface area contributed by atoms with Gasteiger partial charge in [0.1, 0.15) is 5.69 Å². The Morgan fingerprint density at radius 2 is 2.12 bits per heavy atom. The number of hydrogen-bond acceptors (Lipinski definition) is 6. The van der Waals surface area contributed by atoms with Gasteiger partial charge in [-0.1, -0.05) is 6.07 Å². The zero-order chi connectivity index (χ0) is 23.0. The Hall–Kier alpha value is -2.75. The Bertz CT molecular complexity index is 849. The van der Waals surface area contributed by atoms with Gasteiger partial charge in [-0.2, -0.15) is 0 Å². The van der Waals surface area contributed by atoms with Gasteiger partial charge >= 0.3 is 0 Å². The molecule has 2 aliphatic heterocycles. The van der Waals surface area contributed by atoms with Crippen molar-refractivity contribution in [1.82, 2.24) is 20.2 Å². The number of amides is 1. The average Bonchev–Trinajstić information content (AvgIpc) is 3.32. The summed E-state index contributed by atoms with van der Waals surface area (Å²) in [5, 5.41) is 20.9. The lowest BCUT2D eigenvalue weighted by molar-refractivity contribution is -0.186. The summed E-state index contributed by atoms with van der Waals surface area (Å²) in [5.41, 5.74) is 0.439. The van der Waals surface area contributed by atoms with Crippen molar-refractivity contribution in [3.8, 4) is 0 Å². The second-order valence-corrected chi connectivity index (χ2v) is 8.70. The van der Waals surface area contributed by atoms with Gasteiger partial charge < -0.3 is 30.2 Å². The van der Waals surface area contributed by atoms with Crippen LogP contribution in [0.1, 0.15) is 42.2 Å². The second-order valence-electron chi connectivity index (χ2n) is 8.70. The number of nitrogens with zero attached hydrogens (tertiary/aromatic N) is 2. The van der Waals surface area contributed by atoms with Gasteiger partial charge in [-0.3, -0.25) is 14.6 Å². The van der Waals surface area contributed by atoms with E-state index in [1.807, 2.05) is 19.2 Å². The first kappa shape index (κ1) is 23.9. The van der Waals surface area contributed by atoms with Crippen molar-refractivity contribution in [2.75, 3.05) is 26.2 Å². The number of pyridine rings is 1. The molecular weight excluding hydrogens is 412 g/mol. The summed E-state index contributed by atoms with van der Waals surface area (Å²) in [4.78, 5) is 30.2. The molecule has 4 N–H and O–H groups in total. The third-order valence-electron chi connectivity index (χ3n) is 6.34. The predicted octanol–water partition coefficient (Wildman–Crippen LogP) is 1.46. The summed E-state index contributed by atoms with van der Waals surface area (Å²) in [5.74, 6) is -0.218. The lowest BCUT2D eigenvalue weighted by Crippen LogP contribution is -2.64. The highest BCUT2D eigenvalue weighted by Gasteiger charge is 2.49. The number of aromatic nitrogens is 2. The summed E-state index contributed by atoms with van der Waals surface area (Å²) < 4.78 is 6.26. The Labute approximate surface area is 187 Å². The number of carboxylic acid groups (broad SMARTS) is 1. The number of ether oxygens (including phenoxy) is 1. The fraction of sp³-hybridized carbons (Fsp3) is 0.522. The van der Waals surface area contributed by atoms with Crippen LogP contribution >= 0.6 is 0 Å². The highest BCUT2D eigenvalue weighted by Crippen LogP contribution is 2.39. The third kappa shape index (κ3) is 6.15. The quantitative estimate of drug-likeness (QED) is 0.514. The van der Waals surface area contributed by atoms with Crippen LogP contribution in [0.15, 0.2) is 42.9 Å². The molecule has 2 aliphatic rings. The van der Waals surface area contributed by atoms with E-state index in [-0.39, 0.29) is 18.0 Å². The largest absolute Gasteiger partial charge is 0.483 e. The molecule has 0 aromatic carbocycles. The van der Waals surface area contributed by atoms with Crippen LogP contribution in [-0.2, 0) is 16.0 Å². The second kappa shape index (κ2) is 10.7. The molecule has 0 aliphatic carbocycles. The maximum absolute atomic E-state index is 12.3. The van der Waals surface area contributed by atoms with E-state index in [1.54, 1.807) is 24.5 Å². The van der Waals surface area contributed by atoms with Crippen LogP contribution in [0.3, 0.4) is 0 Å². The SMILES string of the molecule is C[C@]1(O)CC2(CCN(CCc3cccnc3)CC2)OC[C@@H]1NC(=O)c1ccc[nH]1.O=CO. The standard InChI is InChI=1S/C22H30N4O3.CH2O2/c1-21(28)16-22(29-15-19(21)25-20(27)18-5-3-10-24-18)7-12-26(13-8-22)11-6-17-4-2-9-23-14-17;2-1-3/h2-5,9-10,14,19,24,28H,6-8,11-13,15-16H2,1H3,(H,25,27);1H,(H,2,3)/t19-,21-;/m0./s1. The molecule has 0 radical (unpaired) electrons. The van der Waals surface area contributed by atoms with Crippen molar-refractivity contribution in [3.05, 3.63) is 54.1 Å². The third-order valence-corrected chi connectivity index (χ3v) is 6.34. The predicted molar refractivity (Wildman–Crippen MR) is 118 cm³/mol. The van der Waals surface area contributed by atoms with E-state index in [0.29, 0.717) is 18.7 Å². The van der Waals surface area contributed by atoms with Crippen LogP contribution in [0.25, 0.3) is 0 Å². The average molecular weight is 445 g/mol. The van der Waals surface area contributed by atoms with E-state index in [1.165, 1.54) is 5.56 Å². The van der Waals surface area contributed by atoms with Gasteiger partial charge in [-0.15, -0.1) is 0 Å². The number of likely N-dealkylation sites (tertiary alicyclic amines) is 1. The minimum absolute atomic E-state index is 0.218. The van der Waals surface area contributed by atoms with E-state index >= 15 is 0 Å². The summed E-state index contributed by atoms with van der Waals surface area (Å²) in [6.45, 7) is 4.81. The van der Waals surface area contributed by atoms with Gasteiger partial charge in [-0.05, 0) is 49.9 Å². The molecule has 174 valence electrons. The molecule has 2 aromatic heterocycles. The smallest absolute Gasteiger partial charge is 0.290 e. The molecule has 9 heteroatoms. The molecule has 9 nitrogen and oxygen atoms in total. The summed E-state index contributed by atoms with van der Waals surface area (Å²) >= 11 is 0. The van der Waals surface area contributed by atoms with Crippen LogP contribution in [-0.4, -0.2) is 80.9 Å². The minimum atomic E-state index is -1.00. The summed E-state index contributed by atoms with van der Waals surface area (Å²) in [6.07, 6.45) is 8.75. The first-order valence-corrected chi connectivity index (χ1v) is 10.9. The Morgan fingerprint density at radius 1 is 1.38 bits per heavy atom. The maximum Gasteiger partial charge on any atom is 0.290 e. The van der Waals surface area contributed by atoms with Crippen LogP contribution in [0.4, 0.5) is 0 Å². The number of hydrogen-bond donors (Lipinski definition) is 4. The molecule has 1 amide bonds. The van der Waals surface area contributed by atoms with Gasteiger partial charge in [-0.25, -0.2) is 0 Å². The highest BCUT2D eigenvalue weighted by atomic mass is 16.5. The van der Waals surface area contributed by atoms with Crippen molar-refractivity contribution >= 4 is 12.4 Å². The Kier molecular flexibility index (Phi) is 8.00. The lowest BCUT2D eigenvalue weighted by atomic mass is 9.75. The number of rotatable bonds is 5. The number of H-pyrrole nitrogens is 1. The van der Waals surface area contributed by atoms with E-state index in [2.05, 4.69) is 26.3 Å². The topological polar surface area (TPSA) is 128 Å². The number of aromatic amines is 1. The molecule has 4 rings (SSSR count). The van der Waals surface area contributed by atoms with Crippen molar-refractivity contribution in [2.45, 2.75) is 49.9 Å². The normalized spacial score (nSPS) is 24.9. The molecular formula is C23H32N4O5. The van der Waals surface area contributed by atoms with Gasteiger partial charge in [0.15, 0.2) is 0 Å². The molecule has 2 aromatic rings. The van der Waals surface area contributed by atoms with Crippen molar-refractivity contribution in [1.29, 1.82) is 0 Å². The molecule has 1 spiro atoms. The van der Waals surface area contributed by atoms with Crippen LogP contribution < -0.4 is 5.32 Å². The minimum Gasteiger partial charge on any atom is -0.483 e. The van der Waals surface area contributed by atoms with Crippen molar-refractivity contribution < 1.29 is 24.5 Å². The number of nitrogens with one attached hydrogen (secondary N) is 2. The van der Waals surface area contributed by atoms with Crippen LogP contribution in [0.5, 0.6) is 0 Å². The van der Waals surface area contributed by atoms with Crippen molar-refractivity contribution in [3.63, 3.8) is 0 Å². The maximum atomic E-state index is 12.3. The number of aliphatic hydroxyl groups is 1. The molecule has 0 unspecified atom stereocenters. The first-order chi connectivity index (χ1) is 15.4. The first-order valence-electron chi connectivity index (χ1n) is 10.9. The Morgan fingerprint density at radius 3 is 2.72 bits per heavy atom. The molecule has 2 atom stereocenters. The Balaban J connectivity index is 0.000000913. The molecule has 4 heterocycles. The zero-order valence-corrected chi connectivity index (χ0v) is 18.4. The van der Waals surface area contributed by atoms with Gasteiger partial charge in [0, 0.05) is 44.6 Å². The fourth-order valence-electron chi connectivity index (χ4n) is 4.51.